The van der Waals surface area contributed by atoms with Gasteiger partial charge in [0.05, 0.1) is 22.5 Å². The first-order chi connectivity index (χ1) is 9.59. The van der Waals surface area contributed by atoms with Crippen molar-refractivity contribution >= 4 is 45.1 Å². The van der Waals surface area contributed by atoms with Gasteiger partial charge in [0, 0.05) is 6.54 Å². The first-order valence-electron chi connectivity index (χ1n) is 6.19. The van der Waals surface area contributed by atoms with Gasteiger partial charge in [0.2, 0.25) is 10.0 Å². The van der Waals surface area contributed by atoms with E-state index in [1.807, 2.05) is 13.8 Å². The van der Waals surface area contributed by atoms with Crippen LogP contribution >= 0.6 is 23.5 Å². The number of sulfonamides is 1. The van der Waals surface area contributed by atoms with Crippen molar-refractivity contribution in [3.63, 3.8) is 0 Å². The molecule has 0 aromatic heterocycles. The Labute approximate surface area is 135 Å². The molecule has 0 saturated carbocycles. The van der Waals surface area contributed by atoms with Gasteiger partial charge in [0.1, 0.15) is 11.9 Å². The highest BCUT2D eigenvalue weighted by atomic mass is 35.5. The second kappa shape index (κ2) is 6.85. The smallest absolute Gasteiger partial charge is 0.343 e. The molecule has 21 heavy (non-hydrogen) atoms. The number of rotatable bonds is 5. The lowest BCUT2D eigenvalue weighted by Gasteiger charge is -2.26. The summed E-state index contributed by atoms with van der Waals surface area (Å²) in [6.07, 6.45) is 1.11. The third-order valence-electron chi connectivity index (χ3n) is 2.86. The average molecular weight is 354 g/mol. The minimum Gasteiger partial charge on any atom is -0.343 e. The van der Waals surface area contributed by atoms with E-state index in [9.17, 15) is 13.2 Å². The van der Waals surface area contributed by atoms with Crippen LogP contribution in [0.3, 0.4) is 0 Å². The van der Waals surface area contributed by atoms with E-state index in [1.165, 1.54) is 16.4 Å². The zero-order valence-electron chi connectivity index (χ0n) is 12.2. The summed E-state index contributed by atoms with van der Waals surface area (Å²) in [5, 5.41) is 0.181. The summed E-state index contributed by atoms with van der Waals surface area (Å²) in [5.74, 6) is -0.624. The van der Waals surface area contributed by atoms with Crippen LogP contribution in [0.2, 0.25) is 5.02 Å². The zero-order chi connectivity index (χ0) is 16.4. The lowest BCUT2D eigenvalue weighted by molar-refractivity contribution is 0.0750. The van der Waals surface area contributed by atoms with Crippen molar-refractivity contribution in [2.24, 2.45) is 5.92 Å². The molecule has 0 aliphatic heterocycles. The first-order valence-corrected chi connectivity index (χ1v) is 8.72. The van der Waals surface area contributed by atoms with Crippen LogP contribution in [0.4, 0.5) is 5.69 Å². The van der Waals surface area contributed by atoms with Crippen LogP contribution in [0.25, 0.3) is 0 Å². The van der Waals surface area contributed by atoms with Gasteiger partial charge in [-0.15, -0.1) is 0 Å². The van der Waals surface area contributed by atoms with Crippen LogP contribution in [0.5, 0.6) is 0 Å². The maximum atomic E-state index is 12.0. The molecule has 1 aromatic rings. The molecule has 0 aliphatic rings. The predicted molar refractivity (Wildman–Crippen MR) is 84.5 cm³/mol. The van der Waals surface area contributed by atoms with Crippen molar-refractivity contribution in [2.45, 2.75) is 20.8 Å². The number of anilines is 1. The van der Waals surface area contributed by atoms with Crippen LogP contribution in [0.1, 0.15) is 29.8 Å². The molecule has 0 bridgehead atoms. The molecular weight excluding hydrogens is 337 g/mol. The summed E-state index contributed by atoms with van der Waals surface area (Å²) in [4.78, 5) is 11.5. The summed E-state index contributed by atoms with van der Waals surface area (Å²) in [6, 6.07) is 2.92. The molecule has 5 nitrogen and oxygen atoms in total. The van der Waals surface area contributed by atoms with Crippen LogP contribution in [-0.2, 0) is 14.3 Å². The maximum absolute atomic E-state index is 12.0. The van der Waals surface area contributed by atoms with E-state index in [1.54, 1.807) is 6.92 Å². The normalized spacial score (nSPS) is 11.6. The van der Waals surface area contributed by atoms with E-state index in [-0.39, 0.29) is 23.0 Å². The Kier molecular flexibility index (Phi) is 5.90. The van der Waals surface area contributed by atoms with Gasteiger partial charge < -0.3 is 4.29 Å². The first kappa shape index (κ1) is 18.1. The summed E-state index contributed by atoms with van der Waals surface area (Å²) in [7, 11) is -3.48. The molecule has 0 atom stereocenters. The Morgan fingerprint density at radius 2 is 1.95 bits per heavy atom. The molecule has 1 aromatic carbocycles. The molecule has 118 valence electrons. The molecular formula is C13H17Cl2NO4S. The Bertz CT molecular complexity index is 644. The molecule has 0 heterocycles. The van der Waals surface area contributed by atoms with Crippen molar-refractivity contribution in [1.82, 2.24) is 0 Å². The van der Waals surface area contributed by atoms with Gasteiger partial charge in [-0.3, -0.25) is 4.31 Å². The number of hydrogen-bond donors (Lipinski definition) is 0. The highest BCUT2D eigenvalue weighted by molar-refractivity contribution is 7.92. The Balaban J connectivity index is 3.42. The standard InChI is InChI=1S/C13H17Cl2NO4S/c1-8(2)7-16(21(4,18)19)11-6-5-10(13(17)20-15)9(3)12(11)14/h5-6,8H,7H2,1-4H3. The van der Waals surface area contributed by atoms with E-state index in [0.29, 0.717) is 11.3 Å². The molecule has 1 rings (SSSR count). The van der Waals surface area contributed by atoms with Gasteiger partial charge in [-0.25, -0.2) is 13.2 Å². The molecule has 8 heteroatoms. The van der Waals surface area contributed by atoms with E-state index in [4.69, 9.17) is 23.5 Å². The van der Waals surface area contributed by atoms with Crippen LogP contribution in [-0.4, -0.2) is 27.2 Å². The minimum absolute atomic E-state index is 0.114. The summed E-state index contributed by atoms with van der Waals surface area (Å²) < 4.78 is 29.3. The number of benzene rings is 1. The van der Waals surface area contributed by atoms with E-state index in [2.05, 4.69) is 4.29 Å². The minimum atomic E-state index is -3.48. The second-order valence-electron chi connectivity index (χ2n) is 5.12. The fraction of sp³-hybridized carbons (Fsp3) is 0.462. The van der Waals surface area contributed by atoms with Crippen LogP contribution < -0.4 is 4.31 Å². The molecule has 0 N–H and O–H groups in total. The van der Waals surface area contributed by atoms with Gasteiger partial charge in [-0.2, -0.15) is 0 Å². The van der Waals surface area contributed by atoms with Crippen molar-refractivity contribution < 1.29 is 17.5 Å². The maximum Gasteiger partial charge on any atom is 0.356 e. The number of carbonyl (C=O) groups excluding carboxylic acids is 1. The third-order valence-corrected chi connectivity index (χ3v) is 4.62. The summed E-state index contributed by atoms with van der Waals surface area (Å²) in [6.45, 7) is 5.69. The Hall–Kier alpha value is -0.980. The molecule has 0 aliphatic carbocycles. The lowest BCUT2D eigenvalue weighted by Crippen LogP contribution is -2.33. The van der Waals surface area contributed by atoms with Crippen LogP contribution in [0, 0.1) is 12.8 Å². The lowest BCUT2D eigenvalue weighted by atomic mass is 10.1. The second-order valence-corrected chi connectivity index (χ2v) is 7.56. The summed E-state index contributed by atoms with van der Waals surface area (Å²) >= 11 is 11.3. The van der Waals surface area contributed by atoms with Crippen LogP contribution in [0.15, 0.2) is 12.1 Å². The zero-order valence-corrected chi connectivity index (χ0v) is 14.5. The fourth-order valence-electron chi connectivity index (χ4n) is 1.87. The highest BCUT2D eigenvalue weighted by Crippen LogP contribution is 2.33. The number of nitrogens with zero attached hydrogens (tertiary/aromatic N) is 1. The van der Waals surface area contributed by atoms with Crippen molar-refractivity contribution in [1.29, 1.82) is 0 Å². The Morgan fingerprint density at radius 3 is 2.38 bits per heavy atom. The summed E-state index contributed by atoms with van der Waals surface area (Å²) in [5.41, 5.74) is 0.936. The van der Waals surface area contributed by atoms with Gasteiger partial charge in [0.25, 0.3) is 0 Å². The van der Waals surface area contributed by atoms with Gasteiger partial charge in [0.15, 0.2) is 0 Å². The molecule has 0 unspecified atom stereocenters. The number of halogens is 2. The monoisotopic (exact) mass is 353 g/mol. The van der Waals surface area contributed by atoms with E-state index >= 15 is 0 Å². The van der Waals surface area contributed by atoms with Crippen molar-refractivity contribution in [3.8, 4) is 0 Å². The Morgan fingerprint density at radius 1 is 1.38 bits per heavy atom. The van der Waals surface area contributed by atoms with Gasteiger partial charge in [-0.05, 0) is 30.5 Å². The molecule has 0 fully saturated rings. The van der Waals surface area contributed by atoms with Crippen molar-refractivity contribution in [2.75, 3.05) is 17.1 Å². The van der Waals surface area contributed by atoms with E-state index < -0.39 is 16.0 Å². The third kappa shape index (κ3) is 4.25. The molecule has 0 saturated heterocycles. The van der Waals surface area contributed by atoms with Crippen molar-refractivity contribution in [3.05, 3.63) is 28.3 Å². The largest absolute Gasteiger partial charge is 0.356 e. The molecule has 0 amide bonds. The molecule has 0 radical (unpaired) electrons. The number of carbonyl (C=O) groups is 1. The topological polar surface area (TPSA) is 63.7 Å². The quantitative estimate of drug-likeness (QED) is 0.813. The average Bonchev–Trinajstić information content (AvgIpc) is 2.37. The van der Waals surface area contributed by atoms with Gasteiger partial charge >= 0.3 is 5.97 Å². The predicted octanol–water partition coefficient (Wildman–Crippen LogP) is 3.38. The molecule has 0 spiro atoms. The number of hydrogen-bond acceptors (Lipinski definition) is 4. The SMILES string of the molecule is Cc1c(C(=O)OCl)ccc(N(CC(C)C)S(C)(=O)=O)c1Cl. The van der Waals surface area contributed by atoms with Gasteiger partial charge in [-0.1, -0.05) is 25.4 Å². The fourth-order valence-corrected chi connectivity index (χ4v) is 3.35. The van der Waals surface area contributed by atoms with E-state index in [0.717, 1.165) is 6.26 Å². The highest BCUT2D eigenvalue weighted by Gasteiger charge is 2.24.